The molecule has 0 saturated carbocycles. The van der Waals surface area contributed by atoms with Crippen molar-refractivity contribution in [2.24, 2.45) is 11.7 Å². The Bertz CT molecular complexity index is 205. The van der Waals surface area contributed by atoms with Gasteiger partial charge in [0.15, 0.2) is 0 Å². The normalized spacial score (nSPS) is 11.7. The predicted octanol–water partition coefficient (Wildman–Crippen LogP) is -0.367. The van der Waals surface area contributed by atoms with Gasteiger partial charge in [-0.15, -0.1) is 0 Å². The fraction of sp³-hybridized carbons (Fsp3) is 0.571. The van der Waals surface area contributed by atoms with Crippen molar-refractivity contribution in [3.05, 3.63) is 0 Å². The maximum Gasteiger partial charge on any atom is 0.215 e. The van der Waals surface area contributed by atoms with Gasteiger partial charge in [0.25, 0.3) is 0 Å². The minimum absolute atomic E-state index is 0.0326. The molecule has 0 amide bonds. The third kappa shape index (κ3) is 2.92. The number of nitrogens with zero attached hydrogens (tertiary/aromatic N) is 1. The highest BCUT2D eigenvalue weighted by Gasteiger charge is 2.19. The molecule has 0 heterocycles. The van der Waals surface area contributed by atoms with Gasteiger partial charge in [-0.05, 0) is 13.5 Å². The fourth-order valence-corrected chi connectivity index (χ4v) is 0.554. The first-order chi connectivity index (χ1) is 5.13. The van der Waals surface area contributed by atoms with Crippen LogP contribution in [-0.2, 0) is 9.59 Å². The van der Waals surface area contributed by atoms with Crippen LogP contribution >= 0.6 is 0 Å². The lowest BCUT2D eigenvalue weighted by atomic mass is 10.0. The lowest BCUT2D eigenvalue weighted by Crippen LogP contribution is -2.22. The molecule has 2 N–H and O–H groups in total. The molecule has 4 nitrogen and oxygen atoms in total. The first-order valence-electron chi connectivity index (χ1n) is 3.30. The summed E-state index contributed by atoms with van der Waals surface area (Å²) in [6.45, 7) is 1.56. The summed E-state index contributed by atoms with van der Waals surface area (Å²) in [6, 6.07) is 1.69. The molecule has 0 bridgehead atoms. The van der Waals surface area contributed by atoms with Crippen molar-refractivity contribution in [1.29, 1.82) is 5.26 Å². The number of carbonyl (C=O) groups excluding carboxylic acids is 2. The Hall–Kier alpha value is -1.21. The van der Waals surface area contributed by atoms with Crippen LogP contribution in [0.15, 0.2) is 0 Å². The van der Waals surface area contributed by atoms with Crippen molar-refractivity contribution in [1.82, 2.24) is 0 Å². The maximum absolute atomic E-state index is 10.8. The van der Waals surface area contributed by atoms with E-state index in [4.69, 9.17) is 11.0 Å². The number of ketones is 2. The largest absolute Gasteiger partial charge is 0.330 e. The molecule has 60 valence electrons. The molecule has 0 radical (unpaired) electrons. The van der Waals surface area contributed by atoms with Gasteiger partial charge in [-0.2, -0.15) is 5.26 Å². The van der Waals surface area contributed by atoms with Crippen LogP contribution in [0.25, 0.3) is 0 Å². The van der Waals surface area contributed by atoms with Crippen LogP contribution in [0.4, 0.5) is 0 Å². The number of nitrogens with two attached hydrogens (primary N) is 1. The zero-order valence-electron chi connectivity index (χ0n) is 6.33. The topological polar surface area (TPSA) is 84.0 Å². The zero-order valence-corrected chi connectivity index (χ0v) is 6.33. The zero-order chi connectivity index (χ0) is 8.85. The third-order valence-electron chi connectivity index (χ3n) is 1.23. The Morgan fingerprint density at radius 3 is 2.55 bits per heavy atom. The van der Waals surface area contributed by atoms with E-state index < -0.39 is 17.5 Å². The molecule has 0 aromatic rings. The van der Waals surface area contributed by atoms with Crippen molar-refractivity contribution in [2.75, 3.05) is 6.54 Å². The van der Waals surface area contributed by atoms with Crippen LogP contribution in [0.1, 0.15) is 13.3 Å². The average Bonchev–Trinajstić information content (AvgIpc) is 2.02. The standard InChI is InChI=1S/C7H10N2O2/c1-5(4-9)7(11)6(10)2-3-8/h5H,2-3,8H2,1H3. The molecule has 1 atom stereocenters. The Balaban J connectivity index is 4.05. The lowest BCUT2D eigenvalue weighted by Gasteiger charge is -1.97. The van der Waals surface area contributed by atoms with E-state index in [-0.39, 0.29) is 13.0 Å². The van der Waals surface area contributed by atoms with Crippen LogP contribution in [0.5, 0.6) is 0 Å². The fourth-order valence-electron chi connectivity index (χ4n) is 0.554. The quantitative estimate of drug-likeness (QED) is 0.560. The van der Waals surface area contributed by atoms with Gasteiger partial charge in [0, 0.05) is 6.42 Å². The summed E-state index contributed by atoms with van der Waals surface area (Å²) in [5.41, 5.74) is 5.05. The smallest absolute Gasteiger partial charge is 0.215 e. The van der Waals surface area contributed by atoms with Crippen molar-refractivity contribution in [2.45, 2.75) is 13.3 Å². The molecule has 0 saturated heterocycles. The Morgan fingerprint density at radius 2 is 2.18 bits per heavy atom. The second kappa shape index (κ2) is 4.58. The minimum atomic E-state index is -0.839. The predicted molar refractivity (Wildman–Crippen MR) is 38.5 cm³/mol. The van der Waals surface area contributed by atoms with Crippen LogP contribution in [0, 0.1) is 17.2 Å². The second-order valence-corrected chi connectivity index (χ2v) is 2.18. The van der Waals surface area contributed by atoms with Gasteiger partial charge < -0.3 is 5.73 Å². The van der Waals surface area contributed by atoms with E-state index in [1.165, 1.54) is 6.92 Å². The number of hydrogen-bond acceptors (Lipinski definition) is 4. The van der Waals surface area contributed by atoms with Gasteiger partial charge in [-0.1, -0.05) is 0 Å². The lowest BCUT2D eigenvalue weighted by molar-refractivity contribution is -0.137. The van der Waals surface area contributed by atoms with Gasteiger partial charge in [-0.25, -0.2) is 0 Å². The molecule has 0 aliphatic rings. The number of Topliss-reactive ketones (excluding diaryl/α,β-unsaturated/α-hetero) is 2. The Kier molecular flexibility index (Phi) is 4.08. The summed E-state index contributed by atoms with van der Waals surface area (Å²) in [6.07, 6.45) is 0.0326. The number of rotatable bonds is 4. The van der Waals surface area contributed by atoms with E-state index in [1.807, 2.05) is 0 Å². The molecule has 0 aromatic heterocycles. The Morgan fingerprint density at radius 1 is 1.64 bits per heavy atom. The van der Waals surface area contributed by atoms with Gasteiger partial charge >= 0.3 is 0 Å². The molecule has 1 unspecified atom stereocenters. The molecule has 0 aliphatic heterocycles. The van der Waals surface area contributed by atoms with Gasteiger partial charge in [0.2, 0.25) is 11.6 Å². The molecule has 0 aromatic carbocycles. The first-order valence-corrected chi connectivity index (χ1v) is 3.30. The molecule has 0 fully saturated rings. The molecule has 0 rings (SSSR count). The van der Waals surface area contributed by atoms with Crippen LogP contribution in [-0.4, -0.2) is 18.1 Å². The van der Waals surface area contributed by atoms with E-state index in [9.17, 15) is 9.59 Å². The Labute approximate surface area is 65.0 Å². The highest BCUT2D eigenvalue weighted by molar-refractivity contribution is 6.38. The van der Waals surface area contributed by atoms with Crippen molar-refractivity contribution in [3.63, 3.8) is 0 Å². The van der Waals surface area contributed by atoms with Crippen LogP contribution < -0.4 is 5.73 Å². The SMILES string of the molecule is CC(C#N)C(=O)C(=O)CCN. The number of carbonyl (C=O) groups is 2. The van der Waals surface area contributed by atoms with Gasteiger partial charge in [0.1, 0.15) is 5.92 Å². The molecule has 0 spiro atoms. The number of nitriles is 1. The second-order valence-electron chi connectivity index (χ2n) is 2.18. The molecule has 0 aliphatic carbocycles. The summed E-state index contributed by atoms with van der Waals surface area (Å²) in [5, 5.41) is 8.27. The summed E-state index contributed by atoms with van der Waals surface area (Å²) < 4.78 is 0. The average molecular weight is 154 g/mol. The van der Waals surface area contributed by atoms with Gasteiger partial charge in [0.05, 0.1) is 6.07 Å². The van der Waals surface area contributed by atoms with Crippen molar-refractivity contribution in [3.8, 4) is 6.07 Å². The maximum atomic E-state index is 10.8. The highest BCUT2D eigenvalue weighted by Crippen LogP contribution is 1.97. The first kappa shape index (κ1) is 9.79. The highest BCUT2D eigenvalue weighted by atomic mass is 16.2. The van der Waals surface area contributed by atoms with E-state index in [1.54, 1.807) is 6.07 Å². The van der Waals surface area contributed by atoms with E-state index in [0.717, 1.165) is 0 Å². The molecular weight excluding hydrogens is 144 g/mol. The van der Waals surface area contributed by atoms with Crippen molar-refractivity contribution >= 4 is 11.6 Å². The summed E-state index contributed by atoms with van der Waals surface area (Å²) in [7, 11) is 0. The van der Waals surface area contributed by atoms with E-state index in [0.29, 0.717) is 0 Å². The summed E-state index contributed by atoms with van der Waals surface area (Å²) >= 11 is 0. The minimum Gasteiger partial charge on any atom is -0.330 e. The van der Waals surface area contributed by atoms with Crippen molar-refractivity contribution < 1.29 is 9.59 Å². The van der Waals surface area contributed by atoms with Crippen LogP contribution in [0.2, 0.25) is 0 Å². The third-order valence-corrected chi connectivity index (χ3v) is 1.23. The number of hydrogen-bond donors (Lipinski definition) is 1. The van der Waals surface area contributed by atoms with E-state index >= 15 is 0 Å². The molecule has 11 heavy (non-hydrogen) atoms. The summed E-state index contributed by atoms with van der Waals surface area (Å²) in [4.78, 5) is 21.6. The summed E-state index contributed by atoms with van der Waals surface area (Å²) in [5.74, 6) is -2.03. The van der Waals surface area contributed by atoms with E-state index in [2.05, 4.69) is 0 Å². The monoisotopic (exact) mass is 154 g/mol. The van der Waals surface area contributed by atoms with Crippen LogP contribution in [0.3, 0.4) is 0 Å². The molecule has 4 heteroatoms. The molecular formula is C7H10N2O2. The van der Waals surface area contributed by atoms with Gasteiger partial charge in [-0.3, -0.25) is 9.59 Å².